The van der Waals surface area contributed by atoms with Crippen molar-refractivity contribution < 1.29 is 4.39 Å². The van der Waals surface area contributed by atoms with Gasteiger partial charge in [-0.3, -0.25) is 0 Å². The topological polar surface area (TPSA) is 12.0 Å². The van der Waals surface area contributed by atoms with Crippen LogP contribution in [0.5, 0.6) is 0 Å². The van der Waals surface area contributed by atoms with Gasteiger partial charge in [0.05, 0.1) is 4.47 Å². The zero-order valence-electron chi connectivity index (χ0n) is 8.88. The van der Waals surface area contributed by atoms with Crippen LogP contribution in [0.1, 0.15) is 5.56 Å². The molecule has 2 aromatic carbocycles. The van der Waals surface area contributed by atoms with Gasteiger partial charge in [-0.1, -0.05) is 28.1 Å². The lowest BCUT2D eigenvalue weighted by molar-refractivity contribution is 0.619. The molecule has 0 atom stereocenters. The van der Waals surface area contributed by atoms with E-state index in [-0.39, 0.29) is 5.82 Å². The Labute approximate surface area is 116 Å². The number of anilines is 1. The molecule has 1 N–H and O–H groups in total. The standard InChI is InChI=1S/C13H10Br2FN/c14-10-2-1-3-11(7-10)17-8-9-4-5-12(15)13(16)6-9/h1-7,17H,8H2. The number of rotatable bonds is 3. The fourth-order valence-electron chi connectivity index (χ4n) is 1.45. The Morgan fingerprint density at radius 2 is 1.88 bits per heavy atom. The van der Waals surface area contributed by atoms with E-state index in [4.69, 9.17) is 0 Å². The summed E-state index contributed by atoms with van der Waals surface area (Å²) in [5.74, 6) is -0.237. The van der Waals surface area contributed by atoms with Gasteiger partial charge in [-0.25, -0.2) is 4.39 Å². The summed E-state index contributed by atoms with van der Waals surface area (Å²) < 4.78 is 14.8. The summed E-state index contributed by atoms with van der Waals surface area (Å²) in [6.45, 7) is 0.598. The molecule has 88 valence electrons. The number of benzene rings is 2. The van der Waals surface area contributed by atoms with Crippen molar-refractivity contribution in [1.29, 1.82) is 0 Å². The van der Waals surface area contributed by atoms with Crippen LogP contribution < -0.4 is 5.32 Å². The monoisotopic (exact) mass is 357 g/mol. The molecule has 0 aliphatic carbocycles. The van der Waals surface area contributed by atoms with E-state index in [1.807, 2.05) is 30.3 Å². The van der Waals surface area contributed by atoms with Crippen LogP contribution in [0.2, 0.25) is 0 Å². The molecule has 4 heteroatoms. The predicted octanol–water partition coefficient (Wildman–Crippen LogP) is 4.96. The molecular formula is C13H10Br2FN. The quantitative estimate of drug-likeness (QED) is 0.817. The first-order valence-electron chi connectivity index (χ1n) is 5.08. The van der Waals surface area contributed by atoms with E-state index < -0.39 is 0 Å². The van der Waals surface area contributed by atoms with Crippen LogP contribution >= 0.6 is 31.9 Å². The van der Waals surface area contributed by atoms with Crippen LogP contribution in [0.15, 0.2) is 51.4 Å². The van der Waals surface area contributed by atoms with Gasteiger partial charge in [0.1, 0.15) is 5.82 Å². The highest BCUT2D eigenvalue weighted by Gasteiger charge is 2.00. The summed E-state index contributed by atoms with van der Waals surface area (Å²) in [4.78, 5) is 0. The molecule has 0 unspecified atom stereocenters. The largest absolute Gasteiger partial charge is 0.381 e. The van der Waals surface area contributed by atoms with Gasteiger partial charge in [0, 0.05) is 16.7 Å². The third-order valence-corrected chi connectivity index (χ3v) is 3.44. The average molecular weight is 359 g/mol. The highest BCUT2D eigenvalue weighted by Crippen LogP contribution is 2.19. The van der Waals surface area contributed by atoms with Crippen LogP contribution in [-0.4, -0.2) is 0 Å². The minimum absolute atomic E-state index is 0.237. The zero-order chi connectivity index (χ0) is 12.3. The van der Waals surface area contributed by atoms with Crippen molar-refractivity contribution in [1.82, 2.24) is 0 Å². The number of hydrogen-bond donors (Lipinski definition) is 1. The minimum Gasteiger partial charge on any atom is -0.381 e. The van der Waals surface area contributed by atoms with Gasteiger partial charge >= 0.3 is 0 Å². The maximum absolute atomic E-state index is 13.3. The molecule has 2 aromatic rings. The Bertz CT molecular complexity index is 529. The lowest BCUT2D eigenvalue weighted by atomic mass is 10.2. The Balaban J connectivity index is 2.05. The second-order valence-corrected chi connectivity index (χ2v) is 5.38. The van der Waals surface area contributed by atoms with Crippen molar-refractivity contribution >= 4 is 37.5 Å². The summed E-state index contributed by atoms with van der Waals surface area (Å²) in [6, 6.07) is 13.0. The second kappa shape index (κ2) is 5.65. The second-order valence-electron chi connectivity index (χ2n) is 3.61. The SMILES string of the molecule is Fc1cc(CNc2cccc(Br)c2)ccc1Br. The molecule has 0 aliphatic rings. The molecule has 0 radical (unpaired) electrons. The first kappa shape index (κ1) is 12.6. The van der Waals surface area contributed by atoms with Crippen LogP contribution in [0.3, 0.4) is 0 Å². The first-order chi connectivity index (χ1) is 8.15. The van der Waals surface area contributed by atoms with E-state index in [1.54, 1.807) is 6.07 Å². The minimum atomic E-state index is -0.237. The Hall–Kier alpha value is -0.870. The van der Waals surface area contributed by atoms with E-state index in [2.05, 4.69) is 37.2 Å². The smallest absolute Gasteiger partial charge is 0.137 e. The molecule has 0 saturated heterocycles. The number of hydrogen-bond acceptors (Lipinski definition) is 1. The molecule has 0 amide bonds. The van der Waals surface area contributed by atoms with E-state index in [0.717, 1.165) is 15.7 Å². The number of halogens is 3. The molecular weight excluding hydrogens is 349 g/mol. The highest BCUT2D eigenvalue weighted by atomic mass is 79.9. The molecule has 0 aliphatic heterocycles. The predicted molar refractivity (Wildman–Crippen MR) is 75.6 cm³/mol. The van der Waals surface area contributed by atoms with E-state index in [0.29, 0.717) is 11.0 Å². The first-order valence-corrected chi connectivity index (χ1v) is 6.67. The summed E-state index contributed by atoms with van der Waals surface area (Å²) in [5, 5.41) is 3.24. The number of nitrogens with one attached hydrogen (secondary N) is 1. The van der Waals surface area contributed by atoms with Crippen molar-refractivity contribution in [2.75, 3.05) is 5.32 Å². The van der Waals surface area contributed by atoms with Crippen LogP contribution in [0.25, 0.3) is 0 Å². The maximum atomic E-state index is 13.3. The summed E-state index contributed by atoms with van der Waals surface area (Å²) in [5.41, 5.74) is 1.91. The molecule has 0 heterocycles. The van der Waals surface area contributed by atoms with Crippen molar-refractivity contribution in [3.63, 3.8) is 0 Å². The van der Waals surface area contributed by atoms with Gasteiger partial charge in [-0.2, -0.15) is 0 Å². The van der Waals surface area contributed by atoms with E-state index >= 15 is 0 Å². The lowest BCUT2D eigenvalue weighted by Gasteiger charge is -2.07. The molecule has 0 aromatic heterocycles. The van der Waals surface area contributed by atoms with Gasteiger partial charge in [0.25, 0.3) is 0 Å². The Morgan fingerprint density at radius 1 is 1.06 bits per heavy atom. The zero-order valence-corrected chi connectivity index (χ0v) is 12.1. The highest BCUT2D eigenvalue weighted by molar-refractivity contribution is 9.10. The summed E-state index contributed by atoms with van der Waals surface area (Å²) in [6.07, 6.45) is 0. The molecule has 2 rings (SSSR count). The fraction of sp³-hybridized carbons (Fsp3) is 0.0769. The van der Waals surface area contributed by atoms with Crippen LogP contribution in [0, 0.1) is 5.82 Å². The van der Waals surface area contributed by atoms with Gasteiger partial charge in [0.15, 0.2) is 0 Å². The Morgan fingerprint density at radius 3 is 2.59 bits per heavy atom. The summed E-state index contributed by atoms with van der Waals surface area (Å²) in [7, 11) is 0. The fourth-order valence-corrected chi connectivity index (χ4v) is 2.10. The van der Waals surface area contributed by atoms with Crippen molar-refractivity contribution in [3.05, 3.63) is 62.8 Å². The van der Waals surface area contributed by atoms with Crippen LogP contribution in [0.4, 0.5) is 10.1 Å². The van der Waals surface area contributed by atoms with Crippen molar-refractivity contribution in [2.24, 2.45) is 0 Å². The molecule has 0 bridgehead atoms. The van der Waals surface area contributed by atoms with Gasteiger partial charge in [0.2, 0.25) is 0 Å². The molecule has 17 heavy (non-hydrogen) atoms. The third kappa shape index (κ3) is 3.54. The van der Waals surface area contributed by atoms with Gasteiger partial charge in [-0.05, 0) is 51.8 Å². The van der Waals surface area contributed by atoms with E-state index in [9.17, 15) is 4.39 Å². The lowest BCUT2D eigenvalue weighted by Crippen LogP contribution is -1.99. The van der Waals surface area contributed by atoms with E-state index in [1.165, 1.54) is 6.07 Å². The van der Waals surface area contributed by atoms with Crippen molar-refractivity contribution in [2.45, 2.75) is 6.54 Å². The van der Waals surface area contributed by atoms with Gasteiger partial charge in [-0.15, -0.1) is 0 Å². The average Bonchev–Trinajstić information content (AvgIpc) is 2.31. The normalized spacial score (nSPS) is 10.3. The van der Waals surface area contributed by atoms with Crippen LogP contribution in [-0.2, 0) is 6.54 Å². The van der Waals surface area contributed by atoms with Crippen molar-refractivity contribution in [3.8, 4) is 0 Å². The molecule has 0 saturated carbocycles. The Kier molecular flexibility index (Phi) is 4.18. The van der Waals surface area contributed by atoms with Gasteiger partial charge < -0.3 is 5.32 Å². The molecule has 1 nitrogen and oxygen atoms in total. The third-order valence-electron chi connectivity index (χ3n) is 2.31. The molecule has 0 spiro atoms. The summed E-state index contributed by atoms with van der Waals surface area (Å²) >= 11 is 6.54. The maximum Gasteiger partial charge on any atom is 0.137 e. The molecule has 0 fully saturated rings.